The number of rotatable bonds is 5. The predicted molar refractivity (Wildman–Crippen MR) is 94.4 cm³/mol. The smallest absolute Gasteiger partial charge is 0.235 e. The van der Waals surface area contributed by atoms with Crippen molar-refractivity contribution in [3.8, 4) is 0 Å². The van der Waals surface area contributed by atoms with Crippen molar-refractivity contribution in [2.45, 2.75) is 11.4 Å². The van der Waals surface area contributed by atoms with Crippen LogP contribution in [0.5, 0.6) is 0 Å². The van der Waals surface area contributed by atoms with Crippen molar-refractivity contribution in [3.63, 3.8) is 0 Å². The normalized spacial score (nSPS) is 16.3. The summed E-state index contributed by atoms with van der Waals surface area (Å²) in [5.41, 5.74) is 1.19. The van der Waals surface area contributed by atoms with Crippen LogP contribution in [-0.4, -0.2) is 37.7 Å². The molecule has 0 aromatic heterocycles. The van der Waals surface area contributed by atoms with Crippen molar-refractivity contribution in [1.82, 2.24) is 9.84 Å². The van der Waals surface area contributed by atoms with Gasteiger partial charge in [-0.15, -0.1) is 4.83 Å². The molecule has 1 aliphatic rings. The molecule has 0 aliphatic carbocycles. The molecule has 0 bridgehead atoms. The van der Waals surface area contributed by atoms with Gasteiger partial charge in [0.1, 0.15) is 5.25 Å². The van der Waals surface area contributed by atoms with Crippen molar-refractivity contribution in [3.05, 3.63) is 69.7 Å². The van der Waals surface area contributed by atoms with E-state index in [0.29, 0.717) is 21.2 Å². The number of β-amino-alcohol motifs (C(OH)–C–C–N with tert-alkyl or cyclic N) is 1. The molecule has 0 radical (unpaired) electrons. The van der Waals surface area contributed by atoms with Crippen molar-refractivity contribution >= 4 is 33.2 Å². The van der Waals surface area contributed by atoms with Gasteiger partial charge >= 0.3 is 0 Å². The Hall–Kier alpha value is -1.15. The van der Waals surface area contributed by atoms with Crippen LogP contribution >= 0.6 is 23.2 Å². The zero-order valence-electron chi connectivity index (χ0n) is 12.6. The summed E-state index contributed by atoms with van der Waals surface area (Å²) < 4.78 is 25.8. The zero-order valence-corrected chi connectivity index (χ0v) is 14.9. The van der Waals surface area contributed by atoms with E-state index < -0.39 is 21.4 Å². The fourth-order valence-corrected chi connectivity index (χ4v) is 4.49. The van der Waals surface area contributed by atoms with Gasteiger partial charge in [0.2, 0.25) is 10.0 Å². The monoisotopic (exact) mass is 386 g/mol. The van der Waals surface area contributed by atoms with Crippen LogP contribution in [0.3, 0.4) is 0 Å². The van der Waals surface area contributed by atoms with Crippen LogP contribution in [0, 0.1) is 0 Å². The van der Waals surface area contributed by atoms with Crippen LogP contribution in [-0.2, 0) is 10.0 Å². The van der Waals surface area contributed by atoms with Crippen LogP contribution in [0.4, 0.5) is 0 Å². The first kappa shape index (κ1) is 17.7. The SMILES string of the molecule is O=S(=O)(NN1CC(O)C1)C(c1ccc(Cl)cc1)c1ccc(Cl)cc1. The molecule has 24 heavy (non-hydrogen) atoms. The molecule has 3 rings (SSSR count). The van der Waals surface area contributed by atoms with Crippen LogP contribution in [0.2, 0.25) is 10.0 Å². The average Bonchev–Trinajstić information content (AvgIpc) is 2.49. The van der Waals surface area contributed by atoms with Crippen LogP contribution in [0.25, 0.3) is 0 Å². The second-order valence-corrected chi connectivity index (χ2v) is 8.30. The number of hydrogen-bond acceptors (Lipinski definition) is 4. The first-order valence-corrected chi connectivity index (χ1v) is 9.60. The molecule has 1 aliphatic heterocycles. The summed E-state index contributed by atoms with van der Waals surface area (Å²) in [6, 6.07) is 13.4. The van der Waals surface area contributed by atoms with Gasteiger partial charge in [0.25, 0.3) is 0 Å². The summed E-state index contributed by atoms with van der Waals surface area (Å²) >= 11 is 11.8. The zero-order chi connectivity index (χ0) is 17.3. The third kappa shape index (κ3) is 3.91. The first-order valence-electron chi connectivity index (χ1n) is 7.30. The standard InChI is InChI=1S/C16H16Cl2N2O3S/c17-13-5-1-11(2-6-13)16(12-3-7-14(18)8-4-12)24(22,23)19-20-9-15(21)10-20/h1-8,15-16,19,21H,9-10H2. The molecule has 0 unspecified atom stereocenters. The Balaban J connectivity index is 1.97. The summed E-state index contributed by atoms with van der Waals surface area (Å²) in [6.07, 6.45) is -0.503. The van der Waals surface area contributed by atoms with E-state index in [2.05, 4.69) is 4.83 Å². The van der Waals surface area contributed by atoms with Gasteiger partial charge in [-0.2, -0.15) is 0 Å². The Morgan fingerprint density at radius 1 is 0.958 bits per heavy atom. The van der Waals surface area contributed by atoms with E-state index in [1.54, 1.807) is 48.5 Å². The molecule has 128 valence electrons. The molecule has 0 atom stereocenters. The van der Waals surface area contributed by atoms with Crippen LogP contribution < -0.4 is 4.83 Å². The van der Waals surface area contributed by atoms with Crippen molar-refractivity contribution in [2.75, 3.05) is 13.1 Å². The van der Waals surface area contributed by atoms with Gasteiger partial charge in [-0.05, 0) is 35.4 Å². The van der Waals surface area contributed by atoms with E-state index in [9.17, 15) is 13.5 Å². The third-order valence-electron chi connectivity index (χ3n) is 3.77. The molecule has 0 amide bonds. The highest BCUT2D eigenvalue weighted by Gasteiger charge is 2.34. The molecule has 8 heteroatoms. The number of sulfonamides is 1. The summed E-state index contributed by atoms with van der Waals surface area (Å²) in [5.74, 6) is 0. The Labute approximate surface area is 150 Å². The molecule has 0 saturated carbocycles. The first-order chi connectivity index (χ1) is 11.3. The van der Waals surface area contributed by atoms with E-state index in [4.69, 9.17) is 23.2 Å². The van der Waals surface area contributed by atoms with Crippen LogP contribution in [0.15, 0.2) is 48.5 Å². The Morgan fingerprint density at radius 3 is 1.75 bits per heavy atom. The minimum absolute atomic E-state index is 0.271. The highest BCUT2D eigenvalue weighted by Crippen LogP contribution is 2.31. The van der Waals surface area contributed by atoms with Gasteiger partial charge < -0.3 is 5.11 Å². The fourth-order valence-electron chi connectivity index (χ4n) is 2.59. The van der Waals surface area contributed by atoms with Gasteiger partial charge in [0, 0.05) is 23.1 Å². The summed E-state index contributed by atoms with van der Waals surface area (Å²) in [7, 11) is -3.76. The highest BCUT2D eigenvalue weighted by molar-refractivity contribution is 7.89. The molecular formula is C16H16Cl2N2O3S. The maximum absolute atomic E-state index is 12.9. The van der Waals surface area contributed by atoms with E-state index in [1.165, 1.54) is 5.01 Å². The maximum Gasteiger partial charge on any atom is 0.235 e. The predicted octanol–water partition coefficient (Wildman–Crippen LogP) is 2.59. The highest BCUT2D eigenvalue weighted by atomic mass is 35.5. The largest absolute Gasteiger partial charge is 0.390 e. The molecule has 2 N–H and O–H groups in total. The van der Waals surface area contributed by atoms with E-state index >= 15 is 0 Å². The third-order valence-corrected chi connectivity index (χ3v) is 5.96. The average molecular weight is 387 g/mol. The van der Waals surface area contributed by atoms with Crippen molar-refractivity contribution < 1.29 is 13.5 Å². The maximum atomic E-state index is 12.9. The van der Waals surface area contributed by atoms with Gasteiger partial charge in [0.15, 0.2) is 0 Å². The van der Waals surface area contributed by atoms with Crippen molar-refractivity contribution in [2.24, 2.45) is 0 Å². The quantitative estimate of drug-likeness (QED) is 0.828. The summed E-state index contributed by atoms with van der Waals surface area (Å²) in [4.78, 5) is 2.53. The Bertz CT molecular complexity index is 759. The lowest BCUT2D eigenvalue weighted by atomic mass is 10.0. The van der Waals surface area contributed by atoms with E-state index in [-0.39, 0.29) is 13.1 Å². The molecule has 2 aromatic carbocycles. The number of hydrazine groups is 1. The van der Waals surface area contributed by atoms with Crippen molar-refractivity contribution in [1.29, 1.82) is 0 Å². The van der Waals surface area contributed by atoms with E-state index in [1.807, 2.05) is 0 Å². The van der Waals surface area contributed by atoms with Gasteiger partial charge in [0.05, 0.1) is 6.10 Å². The molecule has 1 saturated heterocycles. The number of benzene rings is 2. The summed E-state index contributed by atoms with van der Waals surface area (Å²) in [6.45, 7) is 0.542. The Kier molecular flexibility index (Phi) is 5.15. The minimum Gasteiger partial charge on any atom is -0.390 e. The molecular weight excluding hydrogens is 371 g/mol. The van der Waals surface area contributed by atoms with Gasteiger partial charge in [-0.25, -0.2) is 13.4 Å². The molecule has 1 heterocycles. The molecule has 5 nitrogen and oxygen atoms in total. The number of nitrogens with one attached hydrogen (secondary N) is 1. The number of hydrogen-bond donors (Lipinski definition) is 2. The van der Waals surface area contributed by atoms with Gasteiger partial charge in [-0.1, -0.05) is 47.5 Å². The lowest BCUT2D eigenvalue weighted by molar-refractivity contribution is -0.0123. The summed E-state index contributed by atoms with van der Waals surface area (Å²) in [5, 5.41) is 11.0. The van der Waals surface area contributed by atoms with E-state index in [0.717, 1.165) is 0 Å². The number of aliphatic hydroxyl groups is 1. The number of nitrogens with zero attached hydrogens (tertiary/aromatic N) is 1. The molecule has 2 aromatic rings. The number of halogens is 2. The Morgan fingerprint density at radius 2 is 1.38 bits per heavy atom. The topological polar surface area (TPSA) is 69.6 Å². The number of aliphatic hydroxyl groups excluding tert-OH is 1. The van der Waals surface area contributed by atoms with Crippen LogP contribution in [0.1, 0.15) is 16.4 Å². The lowest BCUT2D eigenvalue weighted by Crippen LogP contribution is -2.59. The molecule has 1 fully saturated rings. The van der Waals surface area contributed by atoms with Gasteiger partial charge in [-0.3, -0.25) is 0 Å². The second kappa shape index (κ2) is 7.00. The molecule has 0 spiro atoms. The fraction of sp³-hybridized carbons (Fsp3) is 0.250. The minimum atomic E-state index is -3.76. The lowest BCUT2D eigenvalue weighted by Gasteiger charge is -2.36. The second-order valence-electron chi connectivity index (χ2n) is 5.68.